The van der Waals surface area contributed by atoms with Gasteiger partial charge in [0, 0.05) is 37.4 Å². The van der Waals surface area contributed by atoms with E-state index < -0.39 is 0 Å². The van der Waals surface area contributed by atoms with Crippen molar-refractivity contribution in [1.82, 2.24) is 14.9 Å². The standard InChI is InChI=1S/C16H28N4O/c1-5-19-8-10-20(11-9-19)16-17-13(4)14(15(21)18-16)7-6-12(2)3/h12H,5-11H2,1-4H3,(H,17,18,21). The van der Waals surface area contributed by atoms with Crippen LogP contribution in [0.4, 0.5) is 5.95 Å². The molecule has 0 aliphatic carbocycles. The first kappa shape index (κ1) is 16.0. The minimum Gasteiger partial charge on any atom is -0.340 e. The minimum absolute atomic E-state index is 0.0380. The number of aryl methyl sites for hydroxylation is 1. The molecule has 0 atom stereocenters. The van der Waals surface area contributed by atoms with Crippen LogP contribution in [0.25, 0.3) is 0 Å². The van der Waals surface area contributed by atoms with Crippen LogP contribution in [0.5, 0.6) is 0 Å². The van der Waals surface area contributed by atoms with Crippen molar-refractivity contribution >= 4 is 5.95 Å². The molecule has 0 saturated carbocycles. The quantitative estimate of drug-likeness (QED) is 0.899. The van der Waals surface area contributed by atoms with Gasteiger partial charge in [-0.25, -0.2) is 4.98 Å². The van der Waals surface area contributed by atoms with Gasteiger partial charge in [0.15, 0.2) is 0 Å². The highest BCUT2D eigenvalue weighted by Gasteiger charge is 2.19. The fraction of sp³-hybridized carbons (Fsp3) is 0.750. The van der Waals surface area contributed by atoms with Crippen molar-refractivity contribution in [2.24, 2.45) is 5.92 Å². The number of aromatic nitrogens is 2. The van der Waals surface area contributed by atoms with Crippen LogP contribution in [0, 0.1) is 12.8 Å². The second-order valence-electron chi connectivity index (χ2n) is 6.31. The molecule has 1 fully saturated rings. The zero-order chi connectivity index (χ0) is 15.4. The Kier molecular flexibility index (Phi) is 5.39. The lowest BCUT2D eigenvalue weighted by atomic mass is 10.0. The maximum absolute atomic E-state index is 12.3. The van der Waals surface area contributed by atoms with Crippen molar-refractivity contribution in [3.8, 4) is 0 Å². The summed E-state index contributed by atoms with van der Waals surface area (Å²) in [7, 11) is 0. The van der Waals surface area contributed by atoms with Gasteiger partial charge in [-0.15, -0.1) is 0 Å². The van der Waals surface area contributed by atoms with E-state index in [2.05, 4.69) is 40.5 Å². The number of anilines is 1. The van der Waals surface area contributed by atoms with Crippen LogP contribution in [-0.2, 0) is 6.42 Å². The summed E-state index contributed by atoms with van der Waals surface area (Å²) in [5, 5.41) is 0. The van der Waals surface area contributed by atoms with Crippen molar-refractivity contribution in [3.05, 3.63) is 21.6 Å². The van der Waals surface area contributed by atoms with Gasteiger partial charge in [-0.05, 0) is 32.2 Å². The van der Waals surface area contributed by atoms with Crippen LogP contribution in [0.1, 0.15) is 38.4 Å². The molecule has 0 amide bonds. The molecule has 0 bridgehead atoms. The van der Waals surface area contributed by atoms with Crippen molar-refractivity contribution in [2.75, 3.05) is 37.6 Å². The van der Waals surface area contributed by atoms with E-state index >= 15 is 0 Å². The highest BCUT2D eigenvalue weighted by atomic mass is 16.1. The molecule has 1 N–H and O–H groups in total. The lowest BCUT2D eigenvalue weighted by Crippen LogP contribution is -2.47. The third-order valence-electron chi connectivity index (χ3n) is 4.30. The van der Waals surface area contributed by atoms with Gasteiger partial charge in [0.25, 0.3) is 5.56 Å². The maximum Gasteiger partial charge on any atom is 0.255 e. The number of hydrogen-bond donors (Lipinski definition) is 1. The molecular formula is C16H28N4O. The lowest BCUT2D eigenvalue weighted by Gasteiger charge is -2.34. The Hall–Kier alpha value is -1.36. The van der Waals surface area contributed by atoms with Gasteiger partial charge in [0.1, 0.15) is 0 Å². The molecule has 1 aromatic heterocycles. The molecule has 0 spiro atoms. The molecule has 0 unspecified atom stereocenters. The second-order valence-corrected chi connectivity index (χ2v) is 6.31. The number of rotatable bonds is 5. The molecule has 1 aliphatic heterocycles. The monoisotopic (exact) mass is 292 g/mol. The van der Waals surface area contributed by atoms with Crippen molar-refractivity contribution in [2.45, 2.75) is 40.5 Å². The van der Waals surface area contributed by atoms with Crippen LogP contribution in [0.2, 0.25) is 0 Å². The molecule has 0 radical (unpaired) electrons. The lowest BCUT2D eigenvalue weighted by molar-refractivity contribution is 0.269. The summed E-state index contributed by atoms with van der Waals surface area (Å²) in [5.74, 6) is 1.34. The summed E-state index contributed by atoms with van der Waals surface area (Å²) in [4.78, 5) is 24.5. The second kappa shape index (κ2) is 7.07. The van der Waals surface area contributed by atoms with Gasteiger partial charge >= 0.3 is 0 Å². The fourth-order valence-electron chi connectivity index (χ4n) is 2.75. The van der Waals surface area contributed by atoms with Crippen LogP contribution in [0.15, 0.2) is 4.79 Å². The van der Waals surface area contributed by atoms with Gasteiger partial charge in [-0.2, -0.15) is 0 Å². The summed E-state index contributed by atoms with van der Waals surface area (Å²) in [6.07, 6.45) is 1.84. The smallest absolute Gasteiger partial charge is 0.255 e. The SMILES string of the molecule is CCN1CCN(c2nc(C)c(CCC(C)C)c(=O)[nH]2)CC1. The van der Waals surface area contributed by atoms with E-state index in [9.17, 15) is 4.79 Å². The molecule has 0 aromatic carbocycles. The number of hydrogen-bond acceptors (Lipinski definition) is 4. The van der Waals surface area contributed by atoms with Crippen LogP contribution in [-0.4, -0.2) is 47.6 Å². The number of likely N-dealkylation sites (N-methyl/N-ethyl adjacent to an activating group) is 1. The molecule has 118 valence electrons. The first-order chi connectivity index (χ1) is 10.0. The summed E-state index contributed by atoms with van der Waals surface area (Å²) in [6.45, 7) is 13.5. The van der Waals surface area contributed by atoms with E-state index in [0.29, 0.717) is 5.92 Å². The Morgan fingerprint density at radius 2 is 1.90 bits per heavy atom. The Labute approximate surface area is 127 Å². The molecule has 1 saturated heterocycles. The van der Waals surface area contributed by atoms with Crippen LogP contribution in [0.3, 0.4) is 0 Å². The number of H-pyrrole nitrogens is 1. The number of nitrogens with one attached hydrogen (secondary N) is 1. The summed E-state index contributed by atoms with van der Waals surface area (Å²) >= 11 is 0. The molecule has 5 heteroatoms. The molecule has 2 rings (SSSR count). The number of nitrogens with zero attached hydrogens (tertiary/aromatic N) is 3. The van der Waals surface area contributed by atoms with E-state index in [1.165, 1.54) is 0 Å². The highest BCUT2D eigenvalue weighted by Crippen LogP contribution is 2.13. The fourth-order valence-corrected chi connectivity index (χ4v) is 2.75. The van der Waals surface area contributed by atoms with E-state index in [1.807, 2.05) is 6.92 Å². The largest absolute Gasteiger partial charge is 0.340 e. The van der Waals surface area contributed by atoms with E-state index in [0.717, 1.165) is 62.8 Å². The van der Waals surface area contributed by atoms with Gasteiger partial charge in [0.05, 0.1) is 0 Å². The molecule has 1 aliphatic rings. The highest BCUT2D eigenvalue weighted by molar-refractivity contribution is 5.33. The Balaban J connectivity index is 2.11. The number of aromatic amines is 1. The number of piperazine rings is 1. The van der Waals surface area contributed by atoms with Gasteiger partial charge in [0.2, 0.25) is 5.95 Å². The van der Waals surface area contributed by atoms with E-state index in [-0.39, 0.29) is 5.56 Å². The topological polar surface area (TPSA) is 52.2 Å². The van der Waals surface area contributed by atoms with Crippen molar-refractivity contribution in [3.63, 3.8) is 0 Å². The minimum atomic E-state index is 0.0380. The average Bonchev–Trinajstić information content (AvgIpc) is 2.46. The predicted octanol–water partition coefficient (Wildman–Crippen LogP) is 1.81. The molecule has 1 aromatic rings. The summed E-state index contributed by atoms with van der Waals surface area (Å²) in [6, 6.07) is 0. The average molecular weight is 292 g/mol. The molecule has 2 heterocycles. The van der Waals surface area contributed by atoms with Crippen molar-refractivity contribution in [1.29, 1.82) is 0 Å². The molecular weight excluding hydrogens is 264 g/mol. The first-order valence-electron chi connectivity index (χ1n) is 8.08. The van der Waals surface area contributed by atoms with Gasteiger partial charge in [-0.1, -0.05) is 20.8 Å². The normalized spacial score (nSPS) is 16.7. The predicted molar refractivity (Wildman–Crippen MR) is 87.1 cm³/mol. The molecule has 5 nitrogen and oxygen atoms in total. The Morgan fingerprint density at radius 3 is 2.43 bits per heavy atom. The third kappa shape index (κ3) is 4.06. The van der Waals surface area contributed by atoms with E-state index in [1.54, 1.807) is 0 Å². The Bertz CT molecular complexity index is 515. The zero-order valence-electron chi connectivity index (χ0n) is 13.8. The van der Waals surface area contributed by atoms with Crippen LogP contribution >= 0.6 is 0 Å². The maximum atomic E-state index is 12.3. The van der Waals surface area contributed by atoms with Crippen molar-refractivity contribution < 1.29 is 0 Å². The van der Waals surface area contributed by atoms with E-state index in [4.69, 9.17) is 0 Å². The third-order valence-corrected chi connectivity index (χ3v) is 4.30. The molecule has 21 heavy (non-hydrogen) atoms. The zero-order valence-corrected chi connectivity index (χ0v) is 13.8. The summed E-state index contributed by atoms with van der Waals surface area (Å²) in [5.41, 5.74) is 1.77. The van der Waals surface area contributed by atoms with Gasteiger partial charge < -0.3 is 9.80 Å². The van der Waals surface area contributed by atoms with Crippen LogP contribution < -0.4 is 10.5 Å². The first-order valence-corrected chi connectivity index (χ1v) is 8.08. The summed E-state index contributed by atoms with van der Waals surface area (Å²) < 4.78 is 0. The Morgan fingerprint density at radius 1 is 1.24 bits per heavy atom. The van der Waals surface area contributed by atoms with Gasteiger partial charge in [-0.3, -0.25) is 9.78 Å².